The van der Waals surface area contributed by atoms with Crippen molar-refractivity contribution in [1.82, 2.24) is 9.13 Å². The number of hydrogen-bond donors (Lipinski definition) is 1. The van der Waals surface area contributed by atoms with Crippen LogP contribution >= 0.6 is 0 Å². The number of unbranched alkanes of at least 4 members (excludes halogenated alkanes) is 1. The van der Waals surface area contributed by atoms with Crippen molar-refractivity contribution in [1.29, 1.82) is 0 Å². The molecule has 0 aliphatic carbocycles. The maximum atomic E-state index is 12.7. The molecule has 2 aromatic rings. The van der Waals surface area contributed by atoms with E-state index in [0.29, 0.717) is 6.42 Å². The second kappa shape index (κ2) is 9.68. The molecule has 0 amide bonds. The summed E-state index contributed by atoms with van der Waals surface area (Å²) in [6.07, 6.45) is 1.67. The van der Waals surface area contributed by atoms with Crippen molar-refractivity contribution in [2.75, 3.05) is 12.3 Å². The summed E-state index contributed by atoms with van der Waals surface area (Å²) in [5.41, 5.74) is 5.13. The Morgan fingerprint density at radius 3 is 2.36 bits per heavy atom. The number of ketones is 1. The van der Waals surface area contributed by atoms with Crippen LogP contribution in [0.3, 0.4) is 0 Å². The van der Waals surface area contributed by atoms with Gasteiger partial charge in [-0.2, -0.15) is 0 Å². The van der Waals surface area contributed by atoms with Crippen LogP contribution in [0.25, 0.3) is 0 Å². The first-order valence-electron chi connectivity index (χ1n) is 9.26. The predicted octanol–water partition coefficient (Wildman–Crippen LogP) is 1.58. The monoisotopic (exact) mass is 387 g/mol. The maximum Gasteiger partial charge on any atom is 0.332 e. The molecule has 0 bridgehead atoms. The van der Waals surface area contributed by atoms with Gasteiger partial charge in [-0.3, -0.25) is 23.5 Å². The predicted molar refractivity (Wildman–Crippen MR) is 105 cm³/mol. The lowest BCUT2D eigenvalue weighted by Crippen LogP contribution is -2.44. The summed E-state index contributed by atoms with van der Waals surface area (Å²) in [5, 5.41) is 0. The SMILES string of the molecule is CCCCC(=O)OCC(=O)c1c(N)n(Cc2ccccc2)c(=O)n(CC)c1=O. The van der Waals surface area contributed by atoms with E-state index in [1.807, 2.05) is 37.3 Å². The van der Waals surface area contributed by atoms with E-state index in [2.05, 4.69) is 0 Å². The van der Waals surface area contributed by atoms with Crippen LogP contribution in [0.4, 0.5) is 5.82 Å². The Bertz CT molecular complexity index is 960. The third kappa shape index (κ3) is 4.76. The summed E-state index contributed by atoms with van der Waals surface area (Å²) in [6.45, 7) is 3.17. The van der Waals surface area contributed by atoms with E-state index in [9.17, 15) is 19.2 Å². The lowest BCUT2D eigenvalue weighted by atomic mass is 10.1. The first-order chi connectivity index (χ1) is 13.4. The average molecular weight is 387 g/mol. The molecular formula is C20H25N3O5. The second-order valence-corrected chi connectivity index (χ2v) is 6.35. The molecule has 8 nitrogen and oxygen atoms in total. The van der Waals surface area contributed by atoms with Gasteiger partial charge in [-0.05, 0) is 18.9 Å². The Hall–Kier alpha value is -3.16. The molecule has 150 valence electrons. The number of Topliss-reactive ketones (excluding diaryl/α,β-unsaturated/α-hetero) is 1. The number of esters is 1. The summed E-state index contributed by atoms with van der Waals surface area (Å²) >= 11 is 0. The van der Waals surface area contributed by atoms with Crippen LogP contribution in [-0.4, -0.2) is 27.5 Å². The standard InChI is InChI=1S/C20H25N3O5/c1-3-5-11-16(25)28-13-15(24)17-18(21)23(12-14-9-7-6-8-10-14)20(27)22(4-2)19(17)26/h6-10H,3-5,11-13,21H2,1-2H3. The maximum absolute atomic E-state index is 12.7. The van der Waals surface area contributed by atoms with E-state index in [0.717, 1.165) is 16.6 Å². The van der Waals surface area contributed by atoms with E-state index in [-0.39, 0.29) is 30.9 Å². The molecule has 8 heteroatoms. The summed E-state index contributed by atoms with van der Waals surface area (Å²) in [5.74, 6) is -1.46. The number of carbonyl (C=O) groups excluding carboxylic acids is 2. The zero-order valence-corrected chi connectivity index (χ0v) is 16.1. The molecule has 0 saturated carbocycles. The van der Waals surface area contributed by atoms with Gasteiger partial charge in [0.2, 0.25) is 5.78 Å². The highest BCUT2D eigenvalue weighted by Gasteiger charge is 2.23. The fourth-order valence-electron chi connectivity index (χ4n) is 2.79. The Morgan fingerprint density at radius 2 is 1.75 bits per heavy atom. The molecule has 0 saturated heterocycles. The highest BCUT2D eigenvalue weighted by molar-refractivity contribution is 6.01. The normalized spacial score (nSPS) is 10.6. The van der Waals surface area contributed by atoms with Gasteiger partial charge in [0.1, 0.15) is 11.4 Å². The van der Waals surface area contributed by atoms with Crippen LogP contribution in [0.5, 0.6) is 0 Å². The third-order valence-corrected chi connectivity index (χ3v) is 4.35. The van der Waals surface area contributed by atoms with Gasteiger partial charge < -0.3 is 10.5 Å². The minimum absolute atomic E-state index is 0.0866. The number of anilines is 1. The number of nitrogens with two attached hydrogens (primary N) is 1. The molecule has 0 spiro atoms. The van der Waals surface area contributed by atoms with Crippen molar-refractivity contribution < 1.29 is 14.3 Å². The van der Waals surface area contributed by atoms with Crippen LogP contribution in [0.1, 0.15) is 49.0 Å². The van der Waals surface area contributed by atoms with Crippen LogP contribution < -0.4 is 17.0 Å². The van der Waals surface area contributed by atoms with Crippen molar-refractivity contribution in [2.24, 2.45) is 0 Å². The van der Waals surface area contributed by atoms with Crippen LogP contribution in [-0.2, 0) is 22.6 Å². The zero-order valence-electron chi connectivity index (χ0n) is 16.1. The Morgan fingerprint density at radius 1 is 1.07 bits per heavy atom. The van der Waals surface area contributed by atoms with Crippen LogP contribution in [0, 0.1) is 0 Å². The molecule has 2 rings (SSSR count). The molecule has 0 atom stereocenters. The fraction of sp³-hybridized carbons (Fsp3) is 0.400. The lowest BCUT2D eigenvalue weighted by Gasteiger charge is -2.15. The minimum atomic E-state index is -0.774. The fourth-order valence-corrected chi connectivity index (χ4v) is 2.79. The molecule has 1 aromatic heterocycles. The van der Waals surface area contributed by atoms with Crippen LogP contribution in [0.2, 0.25) is 0 Å². The Labute approximate surface area is 162 Å². The quantitative estimate of drug-likeness (QED) is 0.516. The summed E-state index contributed by atoms with van der Waals surface area (Å²) < 4.78 is 7.09. The number of nitrogens with zero attached hydrogens (tertiary/aromatic N) is 2. The number of ether oxygens (including phenoxy) is 1. The van der Waals surface area contributed by atoms with Gasteiger partial charge in [0.25, 0.3) is 5.56 Å². The lowest BCUT2D eigenvalue weighted by molar-refractivity contribution is -0.142. The van der Waals surface area contributed by atoms with E-state index in [1.54, 1.807) is 6.92 Å². The molecule has 0 aliphatic rings. The van der Waals surface area contributed by atoms with E-state index < -0.39 is 29.6 Å². The first-order valence-corrected chi connectivity index (χ1v) is 9.26. The molecule has 1 aromatic carbocycles. The largest absolute Gasteiger partial charge is 0.457 e. The number of carbonyl (C=O) groups is 2. The van der Waals surface area contributed by atoms with Gasteiger partial charge in [-0.25, -0.2) is 4.79 Å². The molecule has 0 unspecified atom stereocenters. The van der Waals surface area contributed by atoms with Crippen LogP contribution in [0.15, 0.2) is 39.9 Å². The molecule has 0 radical (unpaired) electrons. The molecule has 0 fully saturated rings. The van der Waals surface area contributed by atoms with Gasteiger partial charge in [0.15, 0.2) is 6.61 Å². The van der Waals surface area contributed by atoms with Crippen molar-refractivity contribution in [3.63, 3.8) is 0 Å². The van der Waals surface area contributed by atoms with Crippen molar-refractivity contribution >= 4 is 17.6 Å². The second-order valence-electron chi connectivity index (χ2n) is 6.35. The first kappa shape index (κ1) is 21.1. The van der Waals surface area contributed by atoms with E-state index in [4.69, 9.17) is 10.5 Å². The number of rotatable bonds is 9. The zero-order chi connectivity index (χ0) is 20.7. The topological polar surface area (TPSA) is 113 Å². The smallest absolute Gasteiger partial charge is 0.332 e. The van der Waals surface area contributed by atoms with Gasteiger partial charge >= 0.3 is 11.7 Å². The molecule has 28 heavy (non-hydrogen) atoms. The van der Waals surface area contributed by atoms with Crippen molar-refractivity contribution in [2.45, 2.75) is 46.2 Å². The number of aromatic nitrogens is 2. The average Bonchev–Trinajstić information content (AvgIpc) is 2.69. The number of benzene rings is 1. The number of nitrogen functional groups attached to an aromatic ring is 1. The third-order valence-electron chi connectivity index (χ3n) is 4.35. The molecule has 1 heterocycles. The van der Waals surface area contributed by atoms with Gasteiger partial charge in [-0.1, -0.05) is 43.7 Å². The Balaban J connectivity index is 2.39. The summed E-state index contributed by atoms with van der Waals surface area (Å²) in [7, 11) is 0. The summed E-state index contributed by atoms with van der Waals surface area (Å²) in [4.78, 5) is 49.5. The highest BCUT2D eigenvalue weighted by atomic mass is 16.5. The van der Waals surface area contributed by atoms with E-state index in [1.165, 1.54) is 4.57 Å². The molecular weight excluding hydrogens is 362 g/mol. The Kier molecular flexibility index (Phi) is 7.31. The minimum Gasteiger partial charge on any atom is -0.457 e. The van der Waals surface area contributed by atoms with Gasteiger partial charge in [0, 0.05) is 13.0 Å². The van der Waals surface area contributed by atoms with Crippen molar-refractivity contribution in [3.8, 4) is 0 Å². The number of hydrogen-bond acceptors (Lipinski definition) is 6. The van der Waals surface area contributed by atoms with E-state index >= 15 is 0 Å². The molecule has 0 aliphatic heterocycles. The molecule has 2 N–H and O–H groups in total. The van der Waals surface area contributed by atoms with Gasteiger partial charge in [-0.15, -0.1) is 0 Å². The van der Waals surface area contributed by atoms with Crippen molar-refractivity contribution in [3.05, 3.63) is 62.3 Å². The van der Waals surface area contributed by atoms with Gasteiger partial charge in [0.05, 0.1) is 6.54 Å². The summed E-state index contributed by atoms with van der Waals surface area (Å²) in [6, 6.07) is 9.08. The highest BCUT2D eigenvalue weighted by Crippen LogP contribution is 2.10.